The number of alkyl halides is 3. The van der Waals surface area contributed by atoms with Crippen LogP contribution < -0.4 is 10.6 Å². The molecule has 1 aromatic carbocycles. The van der Waals surface area contributed by atoms with E-state index in [0.717, 1.165) is 22.9 Å². The molecule has 2 aliphatic rings. The number of allylic oxidation sites excluding steroid dienone is 2. The van der Waals surface area contributed by atoms with Crippen molar-refractivity contribution in [2.45, 2.75) is 37.7 Å². The molecule has 0 amide bonds. The van der Waals surface area contributed by atoms with Gasteiger partial charge in [-0.2, -0.15) is 18.2 Å². The summed E-state index contributed by atoms with van der Waals surface area (Å²) < 4.78 is 44.8. The topological polar surface area (TPSA) is 77.3 Å². The van der Waals surface area contributed by atoms with Crippen molar-refractivity contribution in [1.29, 1.82) is 0 Å². The Morgan fingerprint density at radius 3 is 2.76 bits per heavy atom. The fourth-order valence-electron chi connectivity index (χ4n) is 3.77. The SMILES string of the molecule is CCOC(=O)c1cccc(C2=CCN(c3ncn(CC4=CCC(C(F)(F)F)S4)c(=O)n3)CC2)c1. The van der Waals surface area contributed by atoms with Crippen LogP contribution in [0.3, 0.4) is 0 Å². The summed E-state index contributed by atoms with van der Waals surface area (Å²) in [6, 6.07) is 7.26. The van der Waals surface area contributed by atoms with E-state index in [1.807, 2.05) is 23.1 Å². The number of anilines is 1. The third-order valence-electron chi connectivity index (χ3n) is 5.53. The van der Waals surface area contributed by atoms with Crippen molar-refractivity contribution < 1.29 is 22.7 Å². The van der Waals surface area contributed by atoms with Gasteiger partial charge in [-0.05, 0) is 43.0 Å². The van der Waals surface area contributed by atoms with Gasteiger partial charge in [0.25, 0.3) is 0 Å². The number of benzene rings is 1. The zero-order valence-electron chi connectivity index (χ0n) is 18.4. The van der Waals surface area contributed by atoms with Crippen molar-refractivity contribution in [3.8, 4) is 0 Å². The maximum atomic E-state index is 12.9. The Morgan fingerprint density at radius 2 is 2.12 bits per heavy atom. The number of halogens is 3. The third kappa shape index (κ3) is 5.52. The van der Waals surface area contributed by atoms with Crippen molar-refractivity contribution in [3.05, 3.63) is 69.3 Å². The molecule has 0 radical (unpaired) electrons. The minimum Gasteiger partial charge on any atom is -0.462 e. The minimum absolute atomic E-state index is 0.0250. The Kier molecular flexibility index (Phi) is 7.11. The number of ether oxygens (including phenoxy) is 1. The molecule has 180 valence electrons. The molecule has 1 atom stereocenters. The van der Waals surface area contributed by atoms with E-state index < -0.39 is 17.1 Å². The molecule has 1 aromatic heterocycles. The van der Waals surface area contributed by atoms with Gasteiger partial charge >= 0.3 is 17.8 Å². The minimum atomic E-state index is -4.27. The molecule has 2 aliphatic heterocycles. The molecule has 3 heterocycles. The Bertz CT molecular complexity index is 1190. The molecule has 0 saturated heterocycles. The monoisotopic (exact) mass is 492 g/mol. The fourth-order valence-corrected chi connectivity index (χ4v) is 4.87. The maximum absolute atomic E-state index is 12.9. The second-order valence-electron chi connectivity index (χ2n) is 7.85. The van der Waals surface area contributed by atoms with Crippen LogP contribution in [-0.4, -0.2) is 51.6 Å². The first-order valence-corrected chi connectivity index (χ1v) is 11.7. The zero-order chi connectivity index (χ0) is 24.3. The van der Waals surface area contributed by atoms with E-state index in [1.54, 1.807) is 19.1 Å². The van der Waals surface area contributed by atoms with E-state index in [9.17, 15) is 22.8 Å². The highest BCUT2D eigenvalue weighted by Gasteiger charge is 2.42. The van der Waals surface area contributed by atoms with E-state index >= 15 is 0 Å². The molecule has 11 heteroatoms. The smallest absolute Gasteiger partial charge is 0.401 e. The van der Waals surface area contributed by atoms with Crippen LogP contribution in [0.5, 0.6) is 0 Å². The van der Waals surface area contributed by atoms with Crippen molar-refractivity contribution in [2.24, 2.45) is 0 Å². The summed E-state index contributed by atoms with van der Waals surface area (Å²) >= 11 is 0.731. The van der Waals surface area contributed by atoms with Crippen LogP contribution in [0.1, 0.15) is 35.7 Å². The van der Waals surface area contributed by atoms with Gasteiger partial charge in [-0.15, -0.1) is 11.8 Å². The third-order valence-corrected chi connectivity index (χ3v) is 6.88. The predicted molar refractivity (Wildman–Crippen MR) is 124 cm³/mol. The highest BCUT2D eigenvalue weighted by molar-refractivity contribution is 8.04. The quantitative estimate of drug-likeness (QED) is 0.563. The first-order valence-electron chi connectivity index (χ1n) is 10.8. The number of thioether (sulfide) groups is 1. The maximum Gasteiger partial charge on any atom is 0.401 e. The van der Waals surface area contributed by atoms with Gasteiger partial charge in [-0.25, -0.2) is 14.6 Å². The van der Waals surface area contributed by atoms with Crippen molar-refractivity contribution in [2.75, 3.05) is 24.6 Å². The molecule has 0 aliphatic carbocycles. The number of aromatic nitrogens is 3. The Labute approximate surface area is 198 Å². The van der Waals surface area contributed by atoms with Crippen molar-refractivity contribution >= 4 is 29.3 Å². The van der Waals surface area contributed by atoms with Crippen LogP contribution in [0.25, 0.3) is 5.57 Å². The summed E-state index contributed by atoms with van der Waals surface area (Å²) in [7, 11) is 0. The number of hydrogen-bond donors (Lipinski definition) is 0. The summed E-state index contributed by atoms with van der Waals surface area (Å²) in [5.74, 6) is -0.0879. The van der Waals surface area contributed by atoms with Crippen LogP contribution in [0.15, 0.2) is 52.4 Å². The first kappa shape index (κ1) is 24.1. The summed E-state index contributed by atoms with van der Waals surface area (Å²) in [6.45, 7) is 3.15. The second kappa shape index (κ2) is 10.0. The van der Waals surface area contributed by atoms with E-state index in [-0.39, 0.29) is 24.9 Å². The highest BCUT2D eigenvalue weighted by Crippen LogP contribution is 2.42. The lowest BCUT2D eigenvalue weighted by Gasteiger charge is -2.26. The van der Waals surface area contributed by atoms with Gasteiger partial charge < -0.3 is 9.64 Å². The second-order valence-corrected chi connectivity index (χ2v) is 9.18. The zero-order valence-corrected chi connectivity index (χ0v) is 19.2. The lowest BCUT2D eigenvalue weighted by molar-refractivity contribution is -0.127. The molecule has 2 aromatic rings. The van der Waals surface area contributed by atoms with Crippen LogP contribution in [0, 0.1) is 0 Å². The molecule has 1 unspecified atom stereocenters. The number of esters is 1. The first-order chi connectivity index (χ1) is 16.2. The largest absolute Gasteiger partial charge is 0.462 e. The standard InChI is InChI=1S/C23H23F3N4O3S/c1-2-33-20(31)17-5-3-4-16(12-17)15-8-10-29(11-9-15)21-27-14-30(22(32)28-21)13-18-6-7-19(34-18)23(24,25)26/h3-6,8,12,14,19H,2,7,9-11,13H2,1H3. The van der Waals surface area contributed by atoms with Crippen LogP contribution in [-0.2, 0) is 11.3 Å². The van der Waals surface area contributed by atoms with Gasteiger partial charge in [0.15, 0.2) is 0 Å². The van der Waals surface area contributed by atoms with E-state index in [0.29, 0.717) is 36.6 Å². The number of carbonyl (C=O) groups is 1. The van der Waals surface area contributed by atoms with Gasteiger partial charge in [0.2, 0.25) is 5.95 Å². The van der Waals surface area contributed by atoms with Crippen molar-refractivity contribution in [1.82, 2.24) is 14.5 Å². The summed E-state index contributed by atoms with van der Waals surface area (Å²) in [5, 5.41) is -1.47. The van der Waals surface area contributed by atoms with Crippen LogP contribution in [0.4, 0.5) is 19.1 Å². The molecular weight excluding hydrogens is 469 g/mol. The molecular formula is C23H23F3N4O3S. The lowest BCUT2D eigenvalue weighted by Crippen LogP contribution is -2.34. The van der Waals surface area contributed by atoms with E-state index in [2.05, 4.69) is 9.97 Å². The summed E-state index contributed by atoms with van der Waals surface area (Å²) in [5.41, 5.74) is 1.94. The number of rotatable bonds is 6. The van der Waals surface area contributed by atoms with E-state index in [4.69, 9.17) is 4.74 Å². The normalized spacial score (nSPS) is 18.5. The average Bonchev–Trinajstić information content (AvgIpc) is 3.30. The number of hydrogen-bond acceptors (Lipinski definition) is 7. The van der Waals surface area contributed by atoms with Gasteiger partial charge in [-0.1, -0.05) is 24.3 Å². The number of carbonyl (C=O) groups excluding carboxylic acids is 1. The molecule has 0 N–H and O–H groups in total. The molecule has 34 heavy (non-hydrogen) atoms. The predicted octanol–water partition coefficient (Wildman–Crippen LogP) is 4.06. The summed E-state index contributed by atoms with van der Waals surface area (Å²) in [6.07, 6.45) is 1.14. The Balaban J connectivity index is 1.40. The van der Waals surface area contributed by atoms with Gasteiger partial charge in [0, 0.05) is 18.0 Å². The molecule has 4 rings (SSSR count). The Hall–Kier alpha value is -3.08. The molecule has 0 bridgehead atoms. The van der Waals surface area contributed by atoms with Crippen LogP contribution >= 0.6 is 11.8 Å². The van der Waals surface area contributed by atoms with Crippen LogP contribution in [0.2, 0.25) is 0 Å². The van der Waals surface area contributed by atoms with Gasteiger partial charge in [0.05, 0.1) is 18.7 Å². The number of nitrogens with zero attached hydrogens (tertiary/aromatic N) is 4. The Morgan fingerprint density at radius 1 is 1.29 bits per heavy atom. The van der Waals surface area contributed by atoms with Gasteiger partial charge in [0.1, 0.15) is 11.6 Å². The average molecular weight is 493 g/mol. The van der Waals surface area contributed by atoms with Crippen molar-refractivity contribution in [3.63, 3.8) is 0 Å². The fraction of sp³-hybridized carbons (Fsp3) is 0.391. The van der Waals surface area contributed by atoms with Gasteiger partial charge in [-0.3, -0.25) is 4.57 Å². The molecule has 7 nitrogen and oxygen atoms in total. The molecule has 0 fully saturated rings. The van der Waals surface area contributed by atoms with E-state index in [1.165, 1.54) is 17.0 Å². The lowest BCUT2D eigenvalue weighted by atomic mass is 9.98. The highest BCUT2D eigenvalue weighted by atomic mass is 32.2. The molecule has 0 saturated carbocycles. The summed E-state index contributed by atoms with van der Waals surface area (Å²) in [4.78, 5) is 35.1. The molecule has 0 spiro atoms.